The number of rotatable bonds is 7. The largest absolute Gasteiger partial charge is 0.491 e. The number of nitrogens with zero attached hydrogens (tertiary/aromatic N) is 5. The third kappa shape index (κ3) is 5.24. The zero-order valence-electron chi connectivity index (χ0n) is 19.3. The smallest absolute Gasteiger partial charge is 0.234 e. The minimum absolute atomic E-state index is 0.0801. The van der Waals surface area contributed by atoms with Crippen LogP contribution < -0.4 is 15.0 Å². The zero-order valence-corrected chi connectivity index (χ0v) is 19.3. The molecule has 0 saturated carbocycles. The number of fused-ring (bicyclic) bond motifs is 1. The van der Waals surface area contributed by atoms with E-state index >= 15 is 0 Å². The molecule has 4 rings (SSSR count). The number of amides is 1. The maximum atomic E-state index is 12.0. The van der Waals surface area contributed by atoms with Crippen LogP contribution in [0.3, 0.4) is 0 Å². The average molecular weight is 437 g/mol. The van der Waals surface area contributed by atoms with Crippen LogP contribution in [0.4, 0.5) is 5.82 Å². The normalized spacial score (nSPS) is 16.3. The van der Waals surface area contributed by atoms with Crippen LogP contribution in [0.5, 0.6) is 5.75 Å². The molecule has 3 heterocycles. The Morgan fingerprint density at radius 3 is 2.59 bits per heavy atom. The molecule has 1 aromatic heterocycles. The first kappa shape index (κ1) is 22.2. The Morgan fingerprint density at radius 1 is 1.09 bits per heavy atom. The summed E-state index contributed by atoms with van der Waals surface area (Å²) in [5.41, 5.74) is 3.98. The Bertz CT molecular complexity index is 996. The molecule has 2 aliphatic heterocycles. The molecule has 2 aliphatic rings. The molecule has 0 spiro atoms. The van der Waals surface area contributed by atoms with E-state index in [1.807, 2.05) is 39.8 Å². The van der Waals surface area contributed by atoms with Gasteiger partial charge < -0.3 is 15.0 Å². The summed E-state index contributed by atoms with van der Waals surface area (Å²) in [6.07, 6.45) is 1.73. The number of anilines is 1. The van der Waals surface area contributed by atoms with Gasteiger partial charge in [0.25, 0.3) is 0 Å². The summed E-state index contributed by atoms with van der Waals surface area (Å²) < 4.78 is 5.87. The van der Waals surface area contributed by atoms with Crippen molar-refractivity contribution in [1.29, 1.82) is 0 Å². The third-order valence-corrected chi connectivity index (χ3v) is 5.52. The van der Waals surface area contributed by atoms with Gasteiger partial charge in [0.2, 0.25) is 5.91 Å². The number of nitrogens with one attached hydrogen (secondary N) is 1. The van der Waals surface area contributed by atoms with Crippen LogP contribution in [0, 0.1) is 0 Å². The lowest BCUT2D eigenvalue weighted by Gasteiger charge is -2.35. The fraction of sp³-hybridized carbons (Fsp3) is 0.500. The monoisotopic (exact) mass is 436 g/mol. The summed E-state index contributed by atoms with van der Waals surface area (Å²) in [6, 6.07) is 8.33. The fourth-order valence-corrected chi connectivity index (χ4v) is 4.08. The summed E-state index contributed by atoms with van der Waals surface area (Å²) in [5.74, 6) is 1.82. The van der Waals surface area contributed by atoms with Gasteiger partial charge in [-0.15, -0.1) is 0 Å². The maximum Gasteiger partial charge on any atom is 0.234 e. The van der Waals surface area contributed by atoms with Gasteiger partial charge >= 0.3 is 0 Å². The Hall–Kier alpha value is -3.00. The molecule has 1 N–H and O–H groups in total. The molecule has 8 nitrogen and oxygen atoms in total. The minimum Gasteiger partial charge on any atom is -0.491 e. The summed E-state index contributed by atoms with van der Waals surface area (Å²) in [4.78, 5) is 30.2. The molecule has 170 valence electrons. The van der Waals surface area contributed by atoms with E-state index in [-0.39, 0.29) is 18.1 Å². The fourth-order valence-electron chi connectivity index (χ4n) is 4.08. The van der Waals surface area contributed by atoms with Crippen LogP contribution >= 0.6 is 0 Å². The van der Waals surface area contributed by atoms with E-state index < -0.39 is 0 Å². The molecular weight excluding hydrogens is 404 g/mol. The second-order valence-electron chi connectivity index (χ2n) is 8.90. The van der Waals surface area contributed by atoms with Crippen molar-refractivity contribution in [3.05, 3.63) is 47.4 Å². The topological polar surface area (TPSA) is 83.0 Å². The lowest BCUT2D eigenvalue weighted by Crippen LogP contribution is -2.50. The highest BCUT2D eigenvalue weighted by Gasteiger charge is 2.23. The van der Waals surface area contributed by atoms with Gasteiger partial charge in [0.1, 0.15) is 17.9 Å². The molecular formula is C24H32N6O2. The van der Waals surface area contributed by atoms with Crippen molar-refractivity contribution < 1.29 is 9.53 Å². The number of aromatic nitrogens is 2. The summed E-state index contributed by atoms with van der Waals surface area (Å²) in [5, 5.41) is 2.96. The number of aliphatic imine (C=N–C) groups is 1. The summed E-state index contributed by atoms with van der Waals surface area (Å²) in [7, 11) is 0. The molecule has 32 heavy (non-hydrogen) atoms. The van der Waals surface area contributed by atoms with E-state index in [0.717, 1.165) is 54.7 Å². The van der Waals surface area contributed by atoms with Gasteiger partial charge in [0.15, 0.2) is 0 Å². The first-order chi connectivity index (χ1) is 15.4. The van der Waals surface area contributed by atoms with E-state index in [1.165, 1.54) is 5.56 Å². The molecule has 1 aromatic carbocycles. The van der Waals surface area contributed by atoms with Gasteiger partial charge in [0.05, 0.1) is 30.6 Å². The number of hydrogen-bond donors (Lipinski definition) is 1. The zero-order chi connectivity index (χ0) is 22.7. The Morgan fingerprint density at radius 2 is 1.88 bits per heavy atom. The SMILES string of the molecule is CC(C)NC(=O)CN1CCN(c2cc(C3=NCc4ccc(OC(C)C)cc43)ncn2)CC1. The Labute approximate surface area is 189 Å². The Balaban J connectivity index is 1.43. The van der Waals surface area contributed by atoms with Gasteiger partial charge in [-0.3, -0.25) is 14.7 Å². The number of benzene rings is 1. The number of piperazine rings is 1. The minimum atomic E-state index is 0.0801. The predicted octanol–water partition coefficient (Wildman–Crippen LogP) is 2.26. The van der Waals surface area contributed by atoms with E-state index in [0.29, 0.717) is 13.1 Å². The molecule has 1 saturated heterocycles. The number of carbonyl (C=O) groups excluding carboxylic acids is 1. The van der Waals surface area contributed by atoms with Crippen LogP contribution in [0.2, 0.25) is 0 Å². The maximum absolute atomic E-state index is 12.0. The lowest BCUT2D eigenvalue weighted by atomic mass is 10.0. The molecule has 2 aromatic rings. The van der Waals surface area contributed by atoms with Gasteiger partial charge in [-0.2, -0.15) is 0 Å². The van der Waals surface area contributed by atoms with E-state index in [1.54, 1.807) is 6.33 Å². The molecule has 1 amide bonds. The van der Waals surface area contributed by atoms with Crippen molar-refractivity contribution in [2.75, 3.05) is 37.6 Å². The first-order valence-electron chi connectivity index (χ1n) is 11.3. The van der Waals surface area contributed by atoms with Crippen LogP contribution in [0.1, 0.15) is 44.5 Å². The van der Waals surface area contributed by atoms with Crippen molar-refractivity contribution in [3.63, 3.8) is 0 Å². The molecule has 1 fully saturated rings. The number of ether oxygens (including phenoxy) is 1. The first-order valence-corrected chi connectivity index (χ1v) is 11.3. The third-order valence-electron chi connectivity index (χ3n) is 5.52. The van der Waals surface area contributed by atoms with Crippen molar-refractivity contribution in [2.45, 2.75) is 46.4 Å². The van der Waals surface area contributed by atoms with Gasteiger partial charge in [-0.05, 0) is 45.4 Å². The molecule has 8 heteroatoms. The quantitative estimate of drug-likeness (QED) is 0.717. The van der Waals surface area contributed by atoms with Crippen molar-refractivity contribution in [1.82, 2.24) is 20.2 Å². The highest BCUT2D eigenvalue weighted by atomic mass is 16.5. The number of carbonyl (C=O) groups is 1. The van der Waals surface area contributed by atoms with E-state index in [4.69, 9.17) is 9.73 Å². The lowest BCUT2D eigenvalue weighted by molar-refractivity contribution is -0.122. The second kappa shape index (κ2) is 9.65. The van der Waals surface area contributed by atoms with Gasteiger partial charge in [0, 0.05) is 43.9 Å². The highest BCUT2D eigenvalue weighted by Crippen LogP contribution is 2.28. The standard InChI is InChI=1S/C24H32N6O2/c1-16(2)28-23(31)14-29-7-9-30(10-8-29)22-12-21(26-15-27-22)24-20-11-19(32-17(3)4)6-5-18(20)13-25-24/h5-6,11-12,15-17H,7-10,13-14H2,1-4H3,(H,28,31). The van der Waals surface area contributed by atoms with Crippen LogP contribution in [-0.4, -0.2) is 71.4 Å². The predicted molar refractivity (Wildman–Crippen MR) is 126 cm³/mol. The molecule has 0 unspecified atom stereocenters. The molecule has 0 atom stereocenters. The van der Waals surface area contributed by atoms with Crippen molar-refractivity contribution >= 4 is 17.4 Å². The summed E-state index contributed by atoms with van der Waals surface area (Å²) >= 11 is 0. The van der Waals surface area contributed by atoms with Crippen LogP contribution in [-0.2, 0) is 11.3 Å². The van der Waals surface area contributed by atoms with Crippen molar-refractivity contribution in [2.24, 2.45) is 4.99 Å². The van der Waals surface area contributed by atoms with Gasteiger partial charge in [-0.25, -0.2) is 9.97 Å². The average Bonchev–Trinajstić information content (AvgIpc) is 3.16. The summed E-state index contributed by atoms with van der Waals surface area (Å²) in [6.45, 7) is 12.4. The molecule has 0 bridgehead atoms. The molecule has 0 radical (unpaired) electrons. The number of hydrogen-bond acceptors (Lipinski definition) is 7. The van der Waals surface area contributed by atoms with Crippen molar-refractivity contribution in [3.8, 4) is 5.75 Å². The van der Waals surface area contributed by atoms with Crippen LogP contribution in [0.25, 0.3) is 0 Å². The highest BCUT2D eigenvalue weighted by molar-refractivity contribution is 6.14. The van der Waals surface area contributed by atoms with E-state index in [2.05, 4.69) is 37.2 Å². The van der Waals surface area contributed by atoms with E-state index in [9.17, 15) is 4.79 Å². The molecule has 0 aliphatic carbocycles. The van der Waals surface area contributed by atoms with Gasteiger partial charge in [-0.1, -0.05) is 6.07 Å². The Kier molecular flexibility index (Phi) is 6.69. The second-order valence-corrected chi connectivity index (χ2v) is 8.90. The van der Waals surface area contributed by atoms with Crippen LogP contribution in [0.15, 0.2) is 35.6 Å².